The highest BCUT2D eigenvalue weighted by atomic mass is 16.4. The van der Waals surface area contributed by atoms with Crippen LogP contribution in [0.5, 0.6) is 0 Å². The van der Waals surface area contributed by atoms with Crippen LogP contribution in [0, 0.1) is 0 Å². The van der Waals surface area contributed by atoms with E-state index in [9.17, 15) is 4.79 Å². The molecule has 0 aromatic carbocycles. The predicted octanol–water partition coefficient (Wildman–Crippen LogP) is 1.82. The third kappa shape index (κ3) is 2.98. The number of furan rings is 1. The fourth-order valence-electron chi connectivity index (χ4n) is 1.47. The van der Waals surface area contributed by atoms with Gasteiger partial charge in [-0.2, -0.15) is 0 Å². The van der Waals surface area contributed by atoms with Crippen molar-refractivity contribution in [2.24, 2.45) is 0 Å². The van der Waals surface area contributed by atoms with Gasteiger partial charge in [0, 0.05) is 6.42 Å². The summed E-state index contributed by atoms with van der Waals surface area (Å²) in [4.78, 5) is 14.7. The second-order valence-corrected chi connectivity index (χ2v) is 3.75. The molecule has 0 aliphatic heterocycles. The third-order valence-electron chi connectivity index (χ3n) is 2.40. The van der Waals surface area contributed by atoms with Gasteiger partial charge in [-0.25, -0.2) is 9.78 Å². The van der Waals surface area contributed by atoms with Crippen LogP contribution in [0.4, 0.5) is 0 Å². The highest BCUT2D eigenvalue weighted by Gasteiger charge is 2.08. The second kappa shape index (κ2) is 5.50. The van der Waals surface area contributed by atoms with E-state index in [1.165, 1.54) is 6.07 Å². The van der Waals surface area contributed by atoms with E-state index in [-0.39, 0.29) is 5.76 Å². The van der Waals surface area contributed by atoms with E-state index >= 15 is 0 Å². The number of nitrogens with one attached hydrogen (secondary N) is 1. The van der Waals surface area contributed by atoms with E-state index in [4.69, 9.17) is 13.9 Å². The molecule has 0 atom stereocenters. The lowest BCUT2D eigenvalue weighted by Crippen LogP contribution is -2.12. The van der Waals surface area contributed by atoms with Gasteiger partial charge >= 0.3 is 5.97 Å². The van der Waals surface area contributed by atoms with E-state index in [0.717, 1.165) is 12.2 Å². The van der Waals surface area contributed by atoms with Gasteiger partial charge < -0.3 is 19.3 Å². The van der Waals surface area contributed by atoms with Crippen molar-refractivity contribution >= 4 is 5.97 Å². The summed E-state index contributed by atoms with van der Waals surface area (Å²) in [5.41, 5.74) is 0. The van der Waals surface area contributed by atoms with Crippen LogP contribution < -0.4 is 5.32 Å². The molecule has 2 rings (SSSR count). The summed E-state index contributed by atoms with van der Waals surface area (Å²) in [5.74, 6) is 0.891. The van der Waals surface area contributed by atoms with Gasteiger partial charge in [0.15, 0.2) is 0 Å². The molecular weight excluding hydrogens is 236 g/mol. The van der Waals surface area contributed by atoms with Crippen molar-refractivity contribution in [3.8, 4) is 0 Å². The van der Waals surface area contributed by atoms with Gasteiger partial charge in [0.25, 0.3) is 0 Å². The highest BCUT2D eigenvalue weighted by molar-refractivity contribution is 5.84. The van der Waals surface area contributed by atoms with Crippen molar-refractivity contribution in [2.75, 3.05) is 0 Å². The Morgan fingerprint density at radius 3 is 2.78 bits per heavy atom. The number of carbonyl (C=O) groups is 1. The number of carboxylic acids is 1. The zero-order chi connectivity index (χ0) is 13.0. The van der Waals surface area contributed by atoms with Crippen molar-refractivity contribution in [2.45, 2.75) is 26.4 Å². The number of carboxylic acid groups (broad SMARTS) is 1. The van der Waals surface area contributed by atoms with Gasteiger partial charge in [0.05, 0.1) is 19.3 Å². The Bertz CT molecular complexity index is 530. The van der Waals surface area contributed by atoms with Crippen LogP contribution in [0.15, 0.2) is 27.2 Å². The lowest BCUT2D eigenvalue weighted by atomic mass is 10.4. The Morgan fingerprint density at radius 2 is 2.17 bits per heavy atom. The van der Waals surface area contributed by atoms with Crippen molar-refractivity contribution in [1.82, 2.24) is 10.3 Å². The average molecular weight is 250 g/mol. The molecule has 2 aromatic rings. The van der Waals surface area contributed by atoms with Gasteiger partial charge in [0.1, 0.15) is 11.5 Å². The first-order chi connectivity index (χ1) is 8.69. The quantitative estimate of drug-likeness (QED) is 0.812. The summed E-state index contributed by atoms with van der Waals surface area (Å²) in [6.07, 6.45) is 2.51. The van der Waals surface area contributed by atoms with Crippen molar-refractivity contribution in [3.05, 3.63) is 41.5 Å². The number of aromatic nitrogens is 1. The predicted molar refractivity (Wildman–Crippen MR) is 62.1 cm³/mol. The molecule has 0 fully saturated rings. The largest absolute Gasteiger partial charge is 0.475 e. The maximum atomic E-state index is 10.6. The Kier molecular flexibility index (Phi) is 3.78. The van der Waals surface area contributed by atoms with E-state index in [0.29, 0.717) is 24.7 Å². The Hall–Kier alpha value is -2.08. The Labute approximate surface area is 104 Å². The maximum absolute atomic E-state index is 10.6. The zero-order valence-electron chi connectivity index (χ0n) is 9.97. The molecule has 0 radical (unpaired) electrons. The molecule has 0 spiro atoms. The molecule has 6 heteroatoms. The molecule has 0 saturated heterocycles. The summed E-state index contributed by atoms with van der Waals surface area (Å²) < 4.78 is 10.5. The summed E-state index contributed by atoms with van der Waals surface area (Å²) >= 11 is 0. The summed E-state index contributed by atoms with van der Waals surface area (Å²) in [5, 5.41) is 11.8. The molecule has 0 bridgehead atoms. The Balaban J connectivity index is 1.82. The highest BCUT2D eigenvalue weighted by Crippen LogP contribution is 2.08. The number of hydrogen-bond acceptors (Lipinski definition) is 5. The molecule has 6 nitrogen and oxygen atoms in total. The molecule has 0 unspecified atom stereocenters. The first-order valence-electron chi connectivity index (χ1n) is 5.65. The molecular formula is C12H14N2O4. The molecule has 0 aliphatic rings. The third-order valence-corrected chi connectivity index (χ3v) is 2.40. The molecule has 0 amide bonds. The number of aromatic carboxylic acids is 1. The van der Waals surface area contributed by atoms with Crippen LogP contribution in [-0.2, 0) is 19.5 Å². The standard InChI is InChI=1S/C12H14N2O4/c1-2-8-6-14-11(18-8)7-13-5-9-3-4-10(17-9)12(15)16/h3-4,6,13H,2,5,7H2,1H3,(H,15,16). The van der Waals surface area contributed by atoms with E-state index in [1.807, 2.05) is 6.92 Å². The van der Waals surface area contributed by atoms with E-state index < -0.39 is 5.97 Å². The summed E-state index contributed by atoms with van der Waals surface area (Å²) in [6, 6.07) is 3.06. The topological polar surface area (TPSA) is 88.5 Å². The SMILES string of the molecule is CCc1cnc(CNCc2ccc(C(=O)O)o2)o1. The molecule has 2 N–H and O–H groups in total. The molecule has 0 aliphatic carbocycles. The minimum Gasteiger partial charge on any atom is -0.475 e. The number of nitrogens with zero attached hydrogens (tertiary/aromatic N) is 1. The van der Waals surface area contributed by atoms with Crippen molar-refractivity contribution < 1.29 is 18.7 Å². The van der Waals surface area contributed by atoms with Crippen molar-refractivity contribution in [1.29, 1.82) is 0 Å². The van der Waals surface area contributed by atoms with Crippen LogP contribution in [0.1, 0.15) is 34.9 Å². The van der Waals surface area contributed by atoms with E-state index in [2.05, 4.69) is 10.3 Å². The van der Waals surface area contributed by atoms with Crippen LogP contribution in [0.2, 0.25) is 0 Å². The van der Waals surface area contributed by atoms with Gasteiger partial charge in [0.2, 0.25) is 11.7 Å². The maximum Gasteiger partial charge on any atom is 0.371 e. The van der Waals surface area contributed by atoms with Crippen LogP contribution in [0.3, 0.4) is 0 Å². The fourth-order valence-corrected chi connectivity index (χ4v) is 1.47. The number of rotatable bonds is 6. The molecule has 2 heterocycles. The Morgan fingerprint density at radius 1 is 1.33 bits per heavy atom. The van der Waals surface area contributed by atoms with Gasteiger partial charge in [-0.3, -0.25) is 0 Å². The minimum absolute atomic E-state index is 0.0591. The van der Waals surface area contributed by atoms with Crippen LogP contribution in [-0.4, -0.2) is 16.1 Å². The van der Waals surface area contributed by atoms with E-state index in [1.54, 1.807) is 12.3 Å². The average Bonchev–Trinajstić information content (AvgIpc) is 2.97. The summed E-state index contributed by atoms with van der Waals surface area (Å²) in [6.45, 7) is 2.90. The monoisotopic (exact) mass is 250 g/mol. The summed E-state index contributed by atoms with van der Waals surface area (Å²) in [7, 11) is 0. The zero-order valence-corrected chi connectivity index (χ0v) is 9.97. The normalized spacial score (nSPS) is 10.7. The molecule has 0 saturated carbocycles. The van der Waals surface area contributed by atoms with Gasteiger partial charge in [-0.15, -0.1) is 0 Å². The molecule has 96 valence electrons. The number of aryl methyl sites for hydroxylation is 1. The number of oxazole rings is 1. The lowest BCUT2D eigenvalue weighted by Gasteiger charge is -1.98. The van der Waals surface area contributed by atoms with Gasteiger partial charge in [-0.05, 0) is 12.1 Å². The van der Waals surface area contributed by atoms with Crippen molar-refractivity contribution in [3.63, 3.8) is 0 Å². The first-order valence-corrected chi connectivity index (χ1v) is 5.65. The van der Waals surface area contributed by atoms with Crippen LogP contribution in [0.25, 0.3) is 0 Å². The van der Waals surface area contributed by atoms with Gasteiger partial charge in [-0.1, -0.05) is 6.92 Å². The molecule has 18 heavy (non-hydrogen) atoms. The first kappa shape index (κ1) is 12.4. The van der Waals surface area contributed by atoms with Crippen LogP contribution >= 0.6 is 0 Å². The molecule has 2 aromatic heterocycles. The minimum atomic E-state index is -1.07. The lowest BCUT2D eigenvalue weighted by molar-refractivity contribution is 0.0660. The number of hydrogen-bond donors (Lipinski definition) is 2. The smallest absolute Gasteiger partial charge is 0.371 e. The fraction of sp³-hybridized carbons (Fsp3) is 0.333. The second-order valence-electron chi connectivity index (χ2n) is 3.75.